The maximum absolute atomic E-state index is 3.93. The zero-order valence-corrected chi connectivity index (χ0v) is 11.0. The van der Waals surface area contributed by atoms with Crippen molar-refractivity contribution in [1.29, 1.82) is 0 Å². The molecule has 1 N–H and O–H groups in total. The van der Waals surface area contributed by atoms with Gasteiger partial charge in [-0.25, -0.2) is 0 Å². The zero-order valence-electron chi connectivity index (χ0n) is 8.64. The van der Waals surface area contributed by atoms with E-state index in [1.165, 1.54) is 14.9 Å². The summed E-state index contributed by atoms with van der Waals surface area (Å²) >= 11 is 5.22. The number of allylic oxidation sites excluding steroid dienone is 1. The number of hydrogen-bond donors (Lipinski definition) is 1. The minimum atomic E-state index is 0.453. The number of rotatable bonds is 5. The predicted octanol–water partition coefficient (Wildman–Crippen LogP) is 4.13. The second kappa shape index (κ2) is 5.69. The lowest BCUT2D eigenvalue weighted by Crippen LogP contribution is -2.15. The van der Waals surface area contributed by atoms with Gasteiger partial charge in [0.1, 0.15) is 0 Å². The van der Waals surface area contributed by atoms with E-state index in [2.05, 4.69) is 46.2 Å². The fourth-order valence-electron chi connectivity index (χ4n) is 1.37. The standard InChI is InChI=1S/C11H16BrNS/c1-8(2)4-5-10(13-3)9-6-11(12)14-7-9/h6-7,10,13H,1,4-5H2,2-3H3. The normalized spacial score (nSPS) is 12.8. The van der Waals surface area contributed by atoms with Gasteiger partial charge in [0.2, 0.25) is 0 Å². The van der Waals surface area contributed by atoms with Crippen LogP contribution in [0.5, 0.6) is 0 Å². The Morgan fingerprint density at radius 1 is 1.71 bits per heavy atom. The molecule has 3 heteroatoms. The zero-order chi connectivity index (χ0) is 10.6. The van der Waals surface area contributed by atoms with Gasteiger partial charge in [-0.15, -0.1) is 17.9 Å². The van der Waals surface area contributed by atoms with Crippen molar-refractivity contribution in [2.75, 3.05) is 7.05 Å². The summed E-state index contributed by atoms with van der Waals surface area (Å²) in [4.78, 5) is 0. The Hall–Kier alpha value is -0.120. The van der Waals surface area contributed by atoms with Crippen LogP contribution in [0, 0.1) is 0 Å². The smallest absolute Gasteiger partial charge is 0.0701 e. The minimum absolute atomic E-state index is 0.453. The summed E-state index contributed by atoms with van der Waals surface area (Å²) in [6.45, 7) is 6.01. The molecule has 0 radical (unpaired) electrons. The highest BCUT2D eigenvalue weighted by molar-refractivity contribution is 9.11. The third-order valence-electron chi connectivity index (χ3n) is 2.20. The van der Waals surface area contributed by atoms with Gasteiger partial charge in [0, 0.05) is 6.04 Å². The summed E-state index contributed by atoms with van der Waals surface area (Å²) in [6.07, 6.45) is 2.20. The summed E-state index contributed by atoms with van der Waals surface area (Å²) < 4.78 is 1.20. The van der Waals surface area contributed by atoms with Crippen LogP contribution in [0.4, 0.5) is 0 Å². The molecule has 0 saturated carbocycles. The van der Waals surface area contributed by atoms with Gasteiger partial charge in [0.25, 0.3) is 0 Å². The van der Waals surface area contributed by atoms with Crippen LogP contribution in [0.25, 0.3) is 0 Å². The summed E-state index contributed by atoms with van der Waals surface area (Å²) in [6, 6.07) is 2.64. The fourth-order valence-corrected chi connectivity index (χ4v) is 2.60. The van der Waals surface area contributed by atoms with Gasteiger partial charge < -0.3 is 5.32 Å². The van der Waals surface area contributed by atoms with Crippen molar-refractivity contribution in [3.05, 3.63) is 32.9 Å². The lowest BCUT2D eigenvalue weighted by atomic mass is 10.0. The number of nitrogens with one attached hydrogen (secondary N) is 1. The van der Waals surface area contributed by atoms with Crippen molar-refractivity contribution in [2.45, 2.75) is 25.8 Å². The number of thiophene rings is 1. The first-order valence-corrected chi connectivity index (χ1v) is 6.36. The lowest BCUT2D eigenvalue weighted by molar-refractivity contribution is 0.550. The molecule has 0 spiro atoms. The second-order valence-electron chi connectivity index (χ2n) is 3.52. The second-order valence-corrected chi connectivity index (χ2v) is 5.81. The molecule has 1 rings (SSSR count). The molecule has 1 atom stereocenters. The Bertz CT molecular complexity index is 306. The van der Waals surface area contributed by atoms with Gasteiger partial charge >= 0.3 is 0 Å². The van der Waals surface area contributed by atoms with Crippen LogP contribution in [0.2, 0.25) is 0 Å². The molecule has 14 heavy (non-hydrogen) atoms. The first-order valence-electron chi connectivity index (χ1n) is 4.69. The Morgan fingerprint density at radius 2 is 2.43 bits per heavy atom. The number of hydrogen-bond acceptors (Lipinski definition) is 2. The molecule has 0 aliphatic heterocycles. The van der Waals surface area contributed by atoms with Crippen LogP contribution in [-0.2, 0) is 0 Å². The highest BCUT2D eigenvalue weighted by Gasteiger charge is 2.10. The van der Waals surface area contributed by atoms with E-state index in [1.54, 1.807) is 11.3 Å². The van der Waals surface area contributed by atoms with E-state index >= 15 is 0 Å². The highest BCUT2D eigenvalue weighted by Crippen LogP contribution is 2.28. The van der Waals surface area contributed by atoms with Crippen LogP contribution >= 0.6 is 27.3 Å². The molecule has 0 saturated heterocycles. The quantitative estimate of drug-likeness (QED) is 0.796. The predicted molar refractivity (Wildman–Crippen MR) is 67.9 cm³/mol. The summed E-state index contributed by atoms with van der Waals surface area (Å²) in [5.41, 5.74) is 2.62. The van der Waals surface area contributed by atoms with E-state index in [-0.39, 0.29) is 0 Å². The molecule has 0 aliphatic carbocycles. The molecule has 1 nitrogen and oxygen atoms in total. The molecule has 0 fully saturated rings. The van der Waals surface area contributed by atoms with E-state index < -0.39 is 0 Å². The summed E-state index contributed by atoms with van der Waals surface area (Å²) in [5.74, 6) is 0. The molecule has 0 bridgehead atoms. The van der Waals surface area contributed by atoms with Crippen molar-refractivity contribution < 1.29 is 0 Å². The molecule has 78 valence electrons. The van der Waals surface area contributed by atoms with Gasteiger partial charge in [-0.1, -0.05) is 5.57 Å². The molecule has 1 heterocycles. The van der Waals surface area contributed by atoms with Crippen LogP contribution in [0.15, 0.2) is 27.4 Å². The Kier molecular flexibility index (Phi) is 4.85. The first-order chi connectivity index (χ1) is 6.63. The van der Waals surface area contributed by atoms with E-state index in [9.17, 15) is 0 Å². The van der Waals surface area contributed by atoms with Crippen molar-refractivity contribution in [2.24, 2.45) is 0 Å². The Morgan fingerprint density at radius 3 is 2.86 bits per heavy atom. The summed E-state index contributed by atoms with van der Waals surface area (Å²) in [7, 11) is 2.01. The minimum Gasteiger partial charge on any atom is -0.313 e. The van der Waals surface area contributed by atoms with Crippen LogP contribution in [-0.4, -0.2) is 7.05 Å². The van der Waals surface area contributed by atoms with Gasteiger partial charge in [0.05, 0.1) is 3.79 Å². The van der Waals surface area contributed by atoms with Crippen LogP contribution < -0.4 is 5.32 Å². The van der Waals surface area contributed by atoms with Crippen molar-refractivity contribution >= 4 is 27.3 Å². The lowest BCUT2D eigenvalue weighted by Gasteiger charge is -2.14. The van der Waals surface area contributed by atoms with Crippen molar-refractivity contribution in [1.82, 2.24) is 5.32 Å². The van der Waals surface area contributed by atoms with E-state index in [0.29, 0.717) is 6.04 Å². The van der Waals surface area contributed by atoms with Gasteiger partial charge in [-0.05, 0) is 59.8 Å². The van der Waals surface area contributed by atoms with E-state index in [1.807, 2.05) is 7.05 Å². The van der Waals surface area contributed by atoms with E-state index in [4.69, 9.17) is 0 Å². The molecule has 1 aromatic heterocycles. The Labute approximate surface area is 98.4 Å². The molecule has 1 unspecified atom stereocenters. The maximum atomic E-state index is 3.93. The molecule has 0 aromatic carbocycles. The van der Waals surface area contributed by atoms with Crippen LogP contribution in [0.3, 0.4) is 0 Å². The number of halogens is 1. The largest absolute Gasteiger partial charge is 0.313 e. The van der Waals surface area contributed by atoms with Gasteiger partial charge in [-0.2, -0.15) is 0 Å². The molecular weight excluding hydrogens is 258 g/mol. The maximum Gasteiger partial charge on any atom is 0.0701 e. The molecule has 0 aliphatic rings. The third kappa shape index (κ3) is 3.56. The molecule has 1 aromatic rings. The molecular formula is C11H16BrNS. The van der Waals surface area contributed by atoms with Crippen molar-refractivity contribution in [3.63, 3.8) is 0 Å². The monoisotopic (exact) mass is 273 g/mol. The molecule has 0 amide bonds. The van der Waals surface area contributed by atoms with Crippen molar-refractivity contribution in [3.8, 4) is 0 Å². The third-order valence-corrected chi connectivity index (χ3v) is 3.72. The van der Waals surface area contributed by atoms with Gasteiger partial charge in [0.15, 0.2) is 0 Å². The summed E-state index contributed by atoms with van der Waals surface area (Å²) in [5, 5.41) is 5.53. The Balaban J connectivity index is 2.58. The average molecular weight is 274 g/mol. The fraction of sp³-hybridized carbons (Fsp3) is 0.455. The van der Waals surface area contributed by atoms with Crippen LogP contribution in [0.1, 0.15) is 31.4 Å². The first kappa shape index (κ1) is 12.0. The SMILES string of the molecule is C=C(C)CCC(NC)c1csc(Br)c1. The topological polar surface area (TPSA) is 12.0 Å². The highest BCUT2D eigenvalue weighted by atomic mass is 79.9. The van der Waals surface area contributed by atoms with Gasteiger partial charge in [-0.3, -0.25) is 0 Å². The average Bonchev–Trinajstić information content (AvgIpc) is 2.53. The van der Waals surface area contributed by atoms with E-state index in [0.717, 1.165) is 12.8 Å².